The maximum atomic E-state index is 14.4. The second-order valence-corrected chi connectivity index (χ2v) is 12.5. The van der Waals surface area contributed by atoms with E-state index in [1.165, 1.54) is 0 Å². The molecule has 8 heteroatoms. The molecule has 8 nitrogen and oxygen atoms in total. The zero-order valence-corrected chi connectivity index (χ0v) is 29.6. The Morgan fingerprint density at radius 2 is 1.08 bits per heavy atom. The van der Waals surface area contributed by atoms with Gasteiger partial charge in [-0.3, -0.25) is 0 Å². The molecule has 2 aliphatic heterocycles. The number of esters is 1. The van der Waals surface area contributed by atoms with Crippen LogP contribution in [0.3, 0.4) is 0 Å². The zero-order valence-electron chi connectivity index (χ0n) is 29.6. The van der Waals surface area contributed by atoms with Crippen LogP contribution < -0.4 is 0 Å². The summed E-state index contributed by atoms with van der Waals surface area (Å²) in [6, 6.07) is 48.9. The molecule has 5 aromatic carbocycles. The lowest BCUT2D eigenvalue weighted by Crippen LogP contribution is -2.53. The summed E-state index contributed by atoms with van der Waals surface area (Å²) in [7, 11) is 0. The number of ether oxygens (including phenoxy) is 5. The van der Waals surface area contributed by atoms with Gasteiger partial charge in [0.2, 0.25) is 5.76 Å². The normalized spacial score (nSPS) is 16.4. The van der Waals surface area contributed by atoms with Crippen molar-refractivity contribution in [2.45, 2.75) is 38.9 Å². The van der Waals surface area contributed by atoms with Gasteiger partial charge < -0.3 is 28.5 Å². The Balaban J connectivity index is 1.42. The van der Waals surface area contributed by atoms with Gasteiger partial charge >= 0.3 is 5.97 Å². The van der Waals surface area contributed by atoms with Crippen molar-refractivity contribution in [1.82, 2.24) is 5.06 Å². The Bertz CT molecular complexity index is 2050. The third-order valence-corrected chi connectivity index (χ3v) is 8.87. The van der Waals surface area contributed by atoms with Crippen LogP contribution in [0.1, 0.15) is 34.7 Å². The third kappa shape index (κ3) is 7.98. The summed E-state index contributed by atoms with van der Waals surface area (Å²) in [6.07, 6.45) is 1.72. The van der Waals surface area contributed by atoms with Gasteiger partial charge in [0.25, 0.3) is 0 Å². The number of carbonyl (C=O) groups excluding carboxylic acids is 1. The summed E-state index contributed by atoms with van der Waals surface area (Å²) >= 11 is 0. The van der Waals surface area contributed by atoms with E-state index in [9.17, 15) is 4.79 Å². The summed E-state index contributed by atoms with van der Waals surface area (Å²) in [5.74, 6) is 0.729. The Hall–Kier alpha value is -6.25. The van der Waals surface area contributed by atoms with E-state index in [1.807, 2.05) is 152 Å². The maximum absolute atomic E-state index is 14.4. The molecule has 0 N–H and O–H groups in total. The molecule has 5 aromatic rings. The first-order valence-electron chi connectivity index (χ1n) is 17.7. The van der Waals surface area contributed by atoms with Gasteiger partial charge in [0.05, 0.1) is 26.0 Å². The Labute approximate surface area is 310 Å². The summed E-state index contributed by atoms with van der Waals surface area (Å²) in [5, 5.41) is 1.60. The van der Waals surface area contributed by atoms with Crippen molar-refractivity contribution >= 4 is 11.7 Å². The van der Waals surface area contributed by atoms with Crippen molar-refractivity contribution < 1.29 is 33.3 Å². The molecule has 53 heavy (non-hydrogen) atoms. The van der Waals surface area contributed by atoms with E-state index in [0.29, 0.717) is 28.6 Å². The van der Waals surface area contributed by atoms with Crippen LogP contribution in [0.5, 0.6) is 0 Å². The smallest absolute Gasteiger partial charge is 0.341 e. The molecule has 2 heterocycles. The SMILES string of the molecule is CCOC(=O)C1=C(c2ccccc2)ON2C=C(OCc3ccccc3)C(OCc3ccccc3)=C(OCc3ccccc3)[C@]12COCc1ccccc1. The largest absolute Gasteiger partial charge is 0.486 e. The van der Waals surface area contributed by atoms with Crippen LogP contribution in [0.15, 0.2) is 181 Å². The quantitative estimate of drug-likeness (QED) is 0.0942. The fourth-order valence-corrected chi connectivity index (χ4v) is 6.30. The number of hydroxylamine groups is 2. The highest BCUT2D eigenvalue weighted by Gasteiger charge is 2.61. The molecule has 268 valence electrons. The summed E-state index contributed by atoms with van der Waals surface area (Å²) in [6.45, 7) is 2.73. The molecule has 7 rings (SSSR count). The molecule has 0 saturated heterocycles. The van der Waals surface area contributed by atoms with Crippen LogP contribution in [0.4, 0.5) is 0 Å². The van der Waals surface area contributed by atoms with Gasteiger partial charge in [0.1, 0.15) is 25.4 Å². The molecule has 0 aromatic heterocycles. The number of carbonyl (C=O) groups is 1. The molecule has 1 atom stereocenters. The van der Waals surface area contributed by atoms with E-state index in [-0.39, 0.29) is 45.2 Å². The van der Waals surface area contributed by atoms with Gasteiger partial charge in [0, 0.05) is 5.56 Å². The number of nitrogens with zero attached hydrogens (tertiary/aromatic N) is 1. The zero-order chi connectivity index (χ0) is 36.3. The number of hydrogen-bond acceptors (Lipinski definition) is 8. The first-order valence-corrected chi connectivity index (χ1v) is 17.7. The van der Waals surface area contributed by atoms with Crippen molar-refractivity contribution in [3.63, 3.8) is 0 Å². The van der Waals surface area contributed by atoms with Crippen molar-refractivity contribution in [3.8, 4) is 0 Å². The molecular formula is C45H41NO7. The molecule has 0 amide bonds. The average molecular weight is 708 g/mol. The lowest BCUT2D eigenvalue weighted by molar-refractivity contribution is -0.148. The molecule has 0 unspecified atom stereocenters. The number of fused-ring (bicyclic) bond motifs is 1. The second kappa shape index (κ2) is 16.8. The maximum Gasteiger partial charge on any atom is 0.341 e. The first-order chi connectivity index (χ1) is 26.2. The number of hydrogen-bond donors (Lipinski definition) is 0. The van der Waals surface area contributed by atoms with Crippen molar-refractivity contribution in [2.75, 3.05) is 13.2 Å². The third-order valence-electron chi connectivity index (χ3n) is 8.87. The van der Waals surface area contributed by atoms with E-state index in [0.717, 1.165) is 22.3 Å². The van der Waals surface area contributed by atoms with Crippen molar-refractivity contribution in [1.29, 1.82) is 0 Å². The van der Waals surface area contributed by atoms with Crippen LogP contribution >= 0.6 is 0 Å². The van der Waals surface area contributed by atoms with E-state index in [2.05, 4.69) is 0 Å². The van der Waals surface area contributed by atoms with Crippen molar-refractivity contribution in [3.05, 3.63) is 209 Å². The Morgan fingerprint density at radius 3 is 1.60 bits per heavy atom. The fraction of sp³-hybridized carbons (Fsp3) is 0.178. The molecule has 0 radical (unpaired) electrons. The highest BCUT2D eigenvalue weighted by molar-refractivity contribution is 6.01. The number of benzene rings is 5. The van der Waals surface area contributed by atoms with E-state index >= 15 is 0 Å². The highest BCUT2D eigenvalue weighted by atomic mass is 16.7. The van der Waals surface area contributed by atoms with Gasteiger partial charge in [-0.05, 0) is 29.2 Å². The lowest BCUT2D eigenvalue weighted by Gasteiger charge is -2.41. The summed E-state index contributed by atoms with van der Waals surface area (Å²) < 4.78 is 32.6. The van der Waals surface area contributed by atoms with Gasteiger partial charge in [-0.2, -0.15) is 5.06 Å². The van der Waals surface area contributed by atoms with Gasteiger partial charge in [-0.25, -0.2) is 4.79 Å². The predicted molar refractivity (Wildman–Crippen MR) is 201 cm³/mol. The van der Waals surface area contributed by atoms with Crippen LogP contribution in [0, 0.1) is 0 Å². The van der Waals surface area contributed by atoms with E-state index < -0.39 is 11.5 Å². The van der Waals surface area contributed by atoms with Crippen molar-refractivity contribution in [2.24, 2.45) is 0 Å². The molecule has 0 fully saturated rings. The monoisotopic (exact) mass is 707 g/mol. The standard InChI is InChI=1S/C45H41NO7/c1-2-49-44(47)40-41(38-26-16-7-17-27-38)53-46-28-39(50-30-35-20-10-4-11-21-35)42(51-31-36-22-12-5-13-23-36)43(52-32-37-24-14-6-15-25-37)45(40,46)33-48-29-34-18-8-3-9-19-34/h3-28H,2,29-33H2,1H3/t45-/m0/s1. The van der Waals surface area contributed by atoms with Crippen LogP contribution in [-0.2, 0) is 59.7 Å². The minimum Gasteiger partial charge on any atom is -0.486 e. The molecule has 0 spiro atoms. The van der Waals surface area contributed by atoms with Gasteiger partial charge in [-0.1, -0.05) is 152 Å². The minimum absolute atomic E-state index is 0.0584. The van der Waals surface area contributed by atoms with Crippen LogP contribution in [0.2, 0.25) is 0 Å². The van der Waals surface area contributed by atoms with E-state index in [4.69, 9.17) is 28.5 Å². The molecule has 0 saturated carbocycles. The number of rotatable bonds is 16. The molecule has 2 aliphatic rings. The van der Waals surface area contributed by atoms with E-state index in [1.54, 1.807) is 18.2 Å². The second-order valence-electron chi connectivity index (χ2n) is 12.5. The Morgan fingerprint density at radius 1 is 0.604 bits per heavy atom. The summed E-state index contributed by atoms with van der Waals surface area (Å²) in [5.41, 5.74) is 3.20. The molecule has 0 bridgehead atoms. The van der Waals surface area contributed by atoms with Gasteiger partial charge in [0.15, 0.2) is 22.8 Å². The Kier molecular flexibility index (Phi) is 11.2. The van der Waals surface area contributed by atoms with Crippen LogP contribution in [-0.4, -0.2) is 29.8 Å². The topological polar surface area (TPSA) is 75.7 Å². The fourth-order valence-electron chi connectivity index (χ4n) is 6.30. The highest BCUT2D eigenvalue weighted by Crippen LogP contribution is 2.51. The first kappa shape index (κ1) is 35.2. The summed E-state index contributed by atoms with van der Waals surface area (Å²) in [4.78, 5) is 21.1. The van der Waals surface area contributed by atoms with Crippen LogP contribution in [0.25, 0.3) is 5.76 Å². The average Bonchev–Trinajstić information content (AvgIpc) is 3.55. The van der Waals surface area contributed by atoms with Gasteiger partial charge in [-0.15, -0.1) is 0 Å². The molecular weight excluding hydrogens is 666 g/mol. The minimum atomic E-state index is -1.49. The predicted octanol–water partition coefficient (Wildman–Crippen LogP) is 8.88. The lowest BCUT2D eigenvalue weighted by atomic mass is 9.84. The molecule has 0 aliphatic carbocycles.